The van der Waals surface area contributed by atoms with Gasteiger partial charge in [0.1, 0.15) is 19.0 Å². The van der Waals surface area contributed by atoms with Crippen molar-refractivity contribution >= 4 is 8.32 Å². The molecule has 120 valence electrons. The highest BCUT2D eigenvalue weighted by molar-refractivity contribution is 6.74. The molecule has 0 amide bonds. The predicted octanol–water partition coefficient (Wildman–Crippen LogP) is 2.15. The van der Waals surface area contributed by atoms with E-state index in [0.29, 0.717) is 6.61 Å². The van der Waals surface area contributed by atoms with Crippen molar-refractivity contribution in [2.75, 3.05) is 27.1 Å². The van der Waals surface area contributed by atoms with E-state index in [1.165, 1.54) is 0 Å². The molecule has 1 aliphatic heterocycles. The second-order valence-electron chi connectivity index (χ2n) is 6.83. The SMILES string of the molecule is COCO[C@H](CCO[Si](C)(C)C(C)(C)C)[C@H]1O[C@@H]1CO. The number of aliphatic hydroxyl groups excluding tert-OH is 1. The number of rotatable bonds is 9. The highest BCUT2D eigenvalue weighted by Crippen LogP contribution is 2.37. The lowest BCUT2D eigenvalue weighted by Gasteiger charge is -2.36. The number of hydrogen-bond acceptors (Lipinski definition) is 5. The van der Waals surface area contributed by atoms with E-state index in [0.717, 1.165) is 6.42 Å². The van der Waals surface area contributed by atoms with Crippen LogP contribution >= 0.6 is 0 Å². The van der Waals surface area contributed by atoms with Crippen molar-refractivity contribution in [3.05, 3.63) is 0 Å². The summed E-state index contributed by atoms with van der Waals surface area (Å²) in [6, 6.07) is 0. The maximum Gasteiger partial charge on any atom is 0.191 e. The van der Waals surface area contributed by atoms with Crippen molar-refractivity contribution in [3.63, 3.8) is 0 Å². The molecule has 0 aliphatic carbocycles. The summed E-state index contributed by atoms with van der Waals surface area (Å²) in [5.74, 6) is 0. The molecule has 1 saturated heterocycles. The Hall–Kier alpha value is 0.0169. The first-order valence-electron chi connectivity index (χ1n) is 7.23. The fraction of sp³-hybridized carbons (Fsp3) is 1.00. The van der Waals surface area contributed by atoms with E-state index in [-0.39, 0.29) is 36.7 Å². The van der Waals surface area contributed by atoms with E-state index in [1.54, 1.807) is 7.11 Å². The molecule has 1 rings (SSSR count). The van der Waals surface area contributed by atoms with Crippen LogP contribution in [0.25, 0.3) is 0 Å². The van der Waals surface area contributed by atoms with E-state index < -0.39 is 8.32 Å². The van der Waals surface area contributed by atoms with Crippen molar-refractivity contribution < 1.29 is 23.7 Å². The molecule has 3 atom stereocenters. The zero-order valence-electron chi connectivity index (χ0n) is 13.6. The second kappa shape index (κ2) is 7.33. The van der Waals surface area contributed by atoms with Crippen LogP contribution < -0.4 is 0 Å². The van der Waals surface area contributed by atoms with Gasteiger partial charge < -0.3 is 23.7 Å². The third-order valence-corrected chi connectivity index (χ3v) is 8.78. The molecule has 1 fully saturated rings. The highest BCUT2D eigenvalue weighted by atomic mass is 28.4. The number of epoxide rings is 1. The fourth-order valence-electron chi connectivity index (χ4n) is 1.78. The minimum Gasteiger partial charge on any atom is -0.417 e. The summed E-state index contributed by atoms with van der Waals surface area (Å²) >= 11 is 0. The quantitative estimate of drug-likeness (QED) is 0.402. The van der Waals surface area contributed by atoms with E-state index in [2.05, 4.69) is 33.9 Å². The summed E-state index contributed by atoms with van der Waals surface area (Å²) in [7, 11) is -0.122. The van der Waals surface area contributed by atoms with Crippen LogP contribution in [0.15, 0.2) is 0 Å². The lowest BCUT2D eigenvalue weighted by atomic mass is 10.1. The fourth-order valence-corrected chi connectivity index (χ4v) is 2.84. The first-order valence-corrected chi connectivity index (χ1v) is 10.1. The van der Waals surface area contributed by atoms with Gasteiger partial charge in [-0.25, -0.2) is 0 Å². The van der Waals surface area contributed by atoms with Crippen molar-refractivity contribution in [2.45, 2.75) is 63.6 Å². The number of aliphatic hydroxyl groups is 1. The van der Waals surface area contributed by atoms with Gasteiger partial charge >= 0.3 is 0 Å². The normalized spacial score (nSPS) is 24.8. The van der Waals surface area contributed by atoms with Crippen LogP contribution in [0, 0.1) is 0 Å². The molecule has 6 heteroatoms. The molecule has 5 nitrogen and oxygen atoms in total. The Morgan fingerprint density at radius 1 is 1.30 bits per heavy atom. The lowest BCUT2D eigenvalue weighted by Crippen LogP contribution is -2.41. The van der Waals surface area contributed by atoms with E-state index in [9.17, 15) is 0 Å². The Bertz CT molecular complexity index is 290. The largest absolute Gasteiger partial charge is 0.417 e. The first-order chi connectivity index (χ1) is 9.23. The maximum absolute atomic E-state index is 9.08. The highest BCUT2D eigenvalue weighted by Gasteiger charge is 2.45. The lowest BCUT2D eigenvalue weighted by molar-refractivity contribution is -0.0849. The Balaban J connectivity index is 2.39. The van der Waals surface area contributed by atoms with Crippen LogP contribution in [0.1, 0.15) is 27.2 Å². The Morgan fingerprint density at radius 2 is 1.95 bits per heavy atom. The zero-order valence-corrected chi connectivity index (χ0v) is 14.6. The van der Waals surface area contributed by atoms with Gasteiger partial charge in [-0.05, 0) is 24.6 Å². The van der Waals surface area contributed by atoms with E-state index >= 15 is 0 Å². The van der Waals surface area contributed by atoms with Gasteiger partial charge in [-0.2, -0.15) is 0 Å². The minimum atomic E-state index is -1.72. The van der Waals surface area contributed by atoms with Gasteiger partial charge in [-0.1, -0.05) is 20.8 Å². The molecule has 0 aromatic carbocycles. The van der Waals surface area contributed by atoms with E-state index in [4.69, 9.17) is 23.7 Å². The molecule has 0 aromatic rings. The molecule has 0 spiro atoms. The van der Waals surface area contributed by atoms with Crippen LogP contribution in [-0.4, -0.2) is 58.9 Å². The van der Waals surface area contributed by atoms with Gasteiger partial charge in [0, 0.05) is 13.7 Å². The molecular weight excluding hydrogens is 276 g/mol. The average Bonchev–Trinajstić information content (AvgIpc) is 3.11. The molecule has 0 radical (unpaired) electrons. The Morgan fingerprint density at radius 3 is 2.40 bits per heavy atom. The molecule has 1 aliphatic rings. The van der Waals surface area contributed by atoms with Crippen molar-refractivity contribution in [1.82, 2.24) is 0 Å². The molecule has 0 aromatic heterocycles. The van der Waals surface area contributed by atoms with Crippen LogP contribution in [-0.2, 0) is 18.6 Å². The van der Waals surface area contributed by atoms with Gasteiger partial charge in [0.05, 0.1) is 12.7 Å². The predicted molar refractivity (Wildman–Crippen MR) is 80.3 cm³/mol. The van der Waals surface area contributed by atoms with Crippen LogP contribution in [0.3, 0.4) is 0 Å². The third kappa shape index (κ3) is 5.09. The van der Waals surface area contributed by atoms with Gasteiger partial charge in [0.25, 0.3) is 0 Å². The molecular formula is C14H30O5Si. The summed E-state index contributed by atoms with van der Waals surface area (Å²) in [6.45, 7) is 12.1. The van der Waals surface area contributed by atoms with Crippen molar-refractivity contribution in [3.8, 4) is 0 Å². The van der Waals surface area contributed by atoms with Gasteiger partial charge in [0.2, 0.25) is 0 Å². The standard InChI is InChI=1S/C14H30O5Si/c1-14(2,3)20(5,6)18-8-7-11(17-10-16-4)13-12(9-15)19-13/h11-13,15H,7-10H2,1-6H3/t11-,12-,13-/m1/s1. The van der Waals surface area contributed by atoms with E-state index in [1.807, 2.05) is 0 Å². The van der Waals surface area contributed by atoms with Gasteiger partial charge in [0.15, 0.2) is 8.32 Å². The molecule has 1 N–H and O–H groups in total. The molecule has 0 saturated carbocycles. The number of hydrogen-bond donors (Lipinski definition) is 1. The summed E-state index contributed by atoms with van der Waals surface area (Å²) < 4.78 is 22.1. The van der Waals surface area contributed by atoms with Crippen LogP contribution in [0.2, 0.25) is 18.1 Å². The second-order valence-corrected chi connectivity index (χ2v) is 11.6. The smallest absolute Gasteiger partial charge is 0.191 e. The van der Waals surface area contributed by atoms with Crippen LogP contribution in [0.5, 0.6) is 0 Å². The van der Waals surface area contributed by atoms with Crippen molar-refractivity contribution in [2.24, 2.45) is 0 Å². The van der Waals surface area contributed by atoms with Crippen molar-refractivity contribution in [1.29, 1.82) is 0 Å². The average molecular weight is 306 g/mol. The van der Waals surface area contributed by atoms with Gasteiger partial charge in [-0.15, -0.1) is 0 Å². The number of methoxy groups -OCH3 is 1. The topological polar surface area (TPSA) is 60.5 Å². The molecule has 0 bridgehead atoms. The molecule has 0 unspecified atom stereocenters. The van der Waals surface area contributed by atoms with Gasteiger partial charge in [-0.3, -0.25) is 0 Å². The minimum absolute atomic E-state index is 0.0295. The monoisotopic (exact) mass is 306 g/mol. The molecule has 1 heterocycles. The first kappa shape index (κ1) is 18.1. The summed E-state index contributed by atoms with van der Waals surface area (Å²) in [4.78, 5) is 0. The third-order valence-electron chi connectivity index (χ3n) is 4.24. The summed E-state index contributed by atoms with van der Waals surface area (Å²) in [5.41, 5.74) is 0. The maximum atomic E-state index is 9.08. The number of ether oxygens (including phenoxy) is 3. The summed E-state index contributed by atoms with van der Waals surface area (Å²) in [6.07, 6.45) is 0.566. The Labute approximate surface area is 123 Å². The Kier molecular flexibility index (Phi) is 6.62. The summed E-state index contributed by atoms with van der Waals surface area (Å²) in [5, 5.41) is 9.28. The zero-order chi connectivity index (χ0) is 15.4. The van der Waals surface area contributed by atoms with Crippen LogP contribution in [0.4, 0.5) is 0 Å². The molecule has 20 heavy (non-hydrogen) atoms.